The van der Waals surface area contributed by atoms with Crippen LogP contribution in [0.15, 0.2) is 109 Å². The lowest BCUT2D eigenvalue weighted by molar-refractivity contribution is 0.331. The van der Waals surface area contributed by atoms with Crippen molar-refractivity contribution in [3.8, 4) is 22.3 Å². The molecular formula is C56H59BN2. The third-order valence-electron chi connectivity index (χ3n) is 16.1. The first-order chi connectivity index (χ1) is 27.9. The van der Waals surface area contributed by atoms with Gasteiger partial charge in [0.25, 0.3) is 0 Å². The first-order valence-electron chi connectivity index (χ1n) is 22.3. The molecule has 6 aromatic rings. The van der Waals surface area contributed by atoms with Crippen LogP contribution in [0.3, 0.4) is 0 Å². The smallest absolute Gasteiger partial charge is 0.333 e. The lowest BCUT2D eigenvalue weighted by Gasteiger charge is -2.52. The standard InChI is InChI=1S/C56H59BN2/c1-34-18-15-16-21-37(34)35-28-39-38-30-41-43(54(6,7)26-24-52(41,2)3)32-47(38)59(36-19-13-12-14-20-36)57-46-23-17-22-40-51(46)58(49(29-35)50(39)57)48-33-44-42(31-45(48)56(40,10)11)53(4,5)25-27-55(44,8)9/h12-23,28-33H,24-27H2,1-11H3. The topological polar surface area (TPSA) is 6.48 Å². The van der Waals surface area contributed by atoms with E-state index in [4.69, 9.17) is 0 Å². The summed E-state index contributed by atoms with van der Waals surface area (Å²) in [5, 5.41) is 0. The zero-order chi connectivity index (χ0) is 41.2. The Morgan fingerprint density at radius 3 is 1.68 bits per heavy atom. The van der Waals surface area contributed by atoms with E-state index in [2.05, 4.69) is 195 Å². The Bertz CT molecular complexity index is 2780. The molecule has 0 fully saturated rings. The highest BCUT2D eigenvalue weighted by molar-refractivity contribution is 6.93. The highest BCUT2D eigenvalue weighted by atomic mass is 15.2. The van der Waals surface area contributed by atoms with Crippen molar-refractivity contribution in [2.24, 2.45) is 0 Å². The van der Waals surface area contributed by atoms with Crippen molar-refractivity contribution < 1.29 is 0 Å². The summed E-state index contributed by atoms with van der Waals surface area (Å²) in [5.41, 5.74) is 25.1. The second kappa shape index (κ2) is 11.8. The Balaban J connectivity index is 1.31. The lowest BCUT2D eigenvalue weighted by atomic mass is 9.42. The fraction of sp³-hybridized carbons (Fsp3) is 0.357. The molecule has 0 unspecified atom stereocenters. The van der Waals surface area contributed by atoms with Gasteiger partial charge < -0.3 is 9.71 Å². The number of hydrogen-bond acceptors (Lipinski definition) is 2. The Morgan fingerprint density at radius 1 is 0.458 bits per heavy atom. The van der Waals surface area contributed by atoms with Crippen LogP contribution < -0.4 is 20.6 Å². The van der Waals surface area contributed by atoms with Crippen LogP contribution in [0.5, 0.6) is 0 Å². The van der Waals surface area contributed by atoms with Crippen molar-refractivity contribution in [1.29, 1.82) is 0 Å². The minimum absolute atomic E-state index is 0.00450. The van der Waals surface area contributed by atoms with E-state index in [9.17, 15) is 0 Å². The molecular weight excluding hydrogens is 711 g/mol. The van der Waals surface area contributed by atoms with Crippen molar-refractivity contribution in [3.05, 3.63) is 148 Å². The monoisotopic (exact) mass is 770 g/mol. The van der Waals surface area contributed by atoms with Gasteiger partial charge in [0.05, 0.1) is 5.69 Å². The summed E-state index contributed by atoms with van der Waals surface area (Å²) in [6, 6.07) is 43.2. The number of benzene rings is 6. The molecule has 11 rings (SSSR count). The van der Waals surface area contributed by atoms with Gasteiger partial charge in [-0.05, 0) is 163 Å². The largest absolute Gasteiger partial charge is 0.376 e. The van der Waals surface area contributed by atoms with E-state index in [1.807, 2.05) is 0 Å². The normalized spacial score (nSPS) is 20.1. The van der Waals surface area contributed by atoms with Gasteiger partial charge in [-0.2, -0.15) is 0 Å². The molecule has 3 aliphatic heterocycles. The van der Waals surface area contributed by atoms with Crippen molar-refractivity contribution in [2.75, 3.05) is 9.71 Å². The maximum absolute atomic E-state index is 2.74. The molecule has 0 aromatic heterocycles. The average molecular weight is 771 g/mol. The van der Waals surface area contributed by atoms with Gasteiger partial charge in [0, 0.05) is 33.7 Å². The number of anilines is 5. The zero-order valence-electron chi connectivity index (χ0n) is 37.2. The van der Waals surface area contributed by atoms with Gasteiger partial charge in [-0.1, -0.05) is 136 Å². The highest BCUT2D eigenvalue weighted by Crippen LogP contribution is 2.59. The van der Waals surface area contributed by atoms with E-state index in [-0.39, 0.29) is 33.9 Å². The van der Waals surface area contributed by atoms with Gasteiger partial charge in [-0.25, -0.2) is 0 Å². The minimum Gasteiger partial charge on any atom is -0.376 e. The van der Waals surface area contributed by atoms with Crippen LogP contribution >= 0.6 is 0 Å². The van der Waals surface area contributed by atoms with Crippen LogP contribution in [-0.4, -0.2) is 6.85 Å². The van der Waals surface area contributed by atoms with Crippen molar-refractivity contribution >= 4 is 46.2 Å². The van der Waals surface area contributed by atoms with Gasteiger partial charge in [0.15, 0.2) is 0 Å². The number of hydrogen-bond donors (Lipinski definition) is 0. The summed E-state index contributed by atoms with van der Waals surface area (Å²) in [6.07, 6.45) is 4.77. The molecule has 0 radical (unpaired) electrons. The molecule has 0 N–H and O–H groups in total. The van der Waals surface area contributed by atoms with Gasteiger partial charge in [0.1, 0.15) is 0 Å². The molecule has 3 heterocycles. The molecule has 0 saturated carbocycles. The van der Waals surface area contributed by atoms with Crippen LogP contribution in [-0.2, 0) is 27.1 Å². The molecule has 2 nitrogen and oxygen atoms in total. The highest BCUT2D eigenvalue weighted by Gasteiger charge is 2.51. The number of nitrogens with zero attached hydrogens (tertiary/aromatic N) is 2. The second-order valence-corrected chi connectivity index (χ2v) is 21.9. The van der Waals surface area contributed by atoms with Crippen LogP contribution in [0.2, 0.25) is 0 Å². The lowest BCUT2D eigenvalue weighted by Crippen LogP contribution is -2.62. The van der Waals surface area contributed by atoms with Gasteiger partial charge in [0.2, 0.25) is 0 Å². The molecule has 0 amide bonds. The number of para-hydroxylation sites is 2. The summed E-state index contributed by atoms with van der Waals surface area (Å²) in [7, 11) is 0. The maximum atomic E-state index is 2.74. The molecule has 0 spiro atoms. The first-order valence-corrected chi connectivity index (χ1v) is 22.3. The predicted molar refractivity (Wildman–Crippen MR) is 253 cm³/mol. The fourth-order valence-electron chi connectivity index (χ4n) is 12.2. The SMILES string of the molecule is Cc1ccccc1-c1cc2c3c(c1)N1c4cc5c(cc4C(C)(C)c4cccc(c41)B3N(c1ccccc1)c1cc3c(cc1-2)C(C)(C)CCC3(C)C)C(C)(C)CCC5(C)C. The molecule has 0 saturated heterocycles. The summed E-state index contributed by atoms with van der Waals surface area (Å²) in [5.74, 6) is 0. The predicted octanol–water partition coefficient (Wildman–Crippen LogP) is 13.7. The minimum atomic E-state index is -0.198. The summed E-state index contributed by atoms with van der Waals surface area (Å²) in [6.45, 7) is 27.0. The van der Waals surface area contributed by atoms with Crippen LogP contribution in [0.4, 0.5) is 28.4 Å². The molecule has 59 heavy (non-hydrogen) atoms. The Kier molecular flexibility index (Phi) is 7.43. The average Bonchev–Trinajstić information content (AvgIpc) is 3.20. The molecule has 3 heteroatoms. The molecule has 0 atom stereocenters. The Hall–Kier alpha value is -5.02. The number of rotatable bonds is 2. The van der Waals surface area contributed by atoms with Gasteiger partial charge >= 0.3 is 6.85 Å². The maximum Gasteiger partial charge on any atom is 0.333 e. The molecule has 296 valence electrons. The van der Waals surface area contributed by atoms with E-state index in [0.717, 1.165) is 0 Å². The van der Waals surface area contributed by atoms with E-state index in [1.54, 1.807) is 0 Å². The van der Waals surface area contributed by atoms with Gasteiger partial charge in [-0.3, -0.25) is 0 Å². The van der Waals surface area contributed by atoms with Crippen molar-refractivity contribution in [2.45, 2.75) is 129 Å². The van der Waals surface area contributed by atoms with E-state index in [1.165, 1.54) is 126 Å². The summed E-state index contributed by atoms with van der Waals surface area (Å²) in [4.78, 5) is 5.46. The van der Waals surface area contributed by atoms with E-state index in [0.29, 0.717) is 0 Å². The summed E-state index contributed by atoms with van der Waals surface area (Å²) >= 11 is 0. The van der Waals surface area contributed by atoms with Crippen LogP contribution in [0, 0.1) is 6.92 Å². The molecule has 6 aromatic carbocycles. The summed E-state index contributed by atoms with van der Waals surface area (Å²) < 4.78 is 0. The molecule has 2 aliphatic carbocycles. The fourth-order valence-corrected chi connectivity index (χ4v) is 12.2. The Labute approximate surface area is 353 Å². The molecule has 5 aliphatic rings. The van der Waals surface area contributed by atoms with E-state index < -0.39 is 0 Å². The van der Waals surface area contributed by atoms with Gasteiger partial charge in [-0.15, -0.1) is 0 Å². The third kappa shape index (κ3) is 5.00. The van der Waals surface area contributed by atoms with Crippen molar-refractivity contribution in [1.82, 2.24) is 0 Å². The number of fused-ring (bicyclic) bond motifs is 8. The van der Waals surface area contributed by atoms with Crippen LogP contribution in [0.25, 0.3) is 22.3 Å². The zero-order valence-corrected chi connectivity index (χ0v) is 37.2. The number of aryl methyl sites for hydroxylation is 1. The Morgan fingerprint density at radius 2 is 1.03 bits per heavy atom. The second-order valence-electron chi connectivity index (χ2n) is 21.9. The first kappa shape index (κ1) is 37.0. The third-order valence-corrected chi connectivity index (χ3v) is 16.1. The van der Waals surface area contributed by atoms with Crippen molar-refractivity contribution in [3.63, 3.8) is 0 Å². The quantitative estimate of drug-likeness (QED) is 0.162. The van der Waals surface area contributed by atoms with E-state index >= 15 is 0 Å². The molecule has 0 bridgehead atoms. The van der Waals surface area contributed by atoms with Crippen LogP contribution in [0.1, 0.15) is 134 Å².